The van der Waals surface area contributed by atoms with E-state index in [-0.39, 0.29) is 0 Å². The number of hydrogen-bond donors (Lipinski definition) is 2. The Morgan fingerprint density at radius 2 is 1.94 bits per heavy atom. The molecule has 2 aromatic rings. The predicted molar refractivity (Wildman–Crippen MR) is 77.2 cm³/mol. The van der Waals surface area contributed by atoms with Crippen LogP contribution in [0.2, 0.25) is 5.02 Å². The Morgan fingerprint density at radius 3 is 2.50 bits per heavy atom. The molecule has 0 aliphatic rings. The van der Waals surface area contributed by atoms with Crippen molar-refractivity contribution in [1.82, 2.24) is 4.98 Å². The first-order valence-electron chi connectivity index (χ1n) is 5.38. The van der Waals surface area contributed by atoms with Crippen molar-refractivity contribution in [2.75, 3.05) is 5.73 Å². The predicted octanol–water partition coefficient (Wildman–Crippen LogP) is 0.285. The largest absolute Gasteiger partial charge is 0.397 e. The van der Waals surface area contributed by atoms with Crippen LogP contribution in [0.5, 0.6) is 0 Å². The van der Waals surface area contributed by atoms with Gasteiger partial charge in [-0.05, 0) is 31.4 Å². The second-order valence-electron chi connectivity index (χ2n) is 4.74. The first-order valence-corrected chi connectivity index (χ1v) is 5.76. The summed E-state index contributed by atoms with van der Waals surface area (Å²) in [5, 5.41) is 11.0. The quantitative estimate of drug-likeness (QED) is 0.721. The highest BCUT2D eigenvalue weighted by Gasteiger charge is 2.22. The molecule has 0 bridgehead atoms. The monoisotopic (exact) mass is 256 g/mol. The average molecular weight is 256 g/mol. The molecular formula is C12H11B2ClN2O. The zero-order valence-electron chi connectivity index (χ0n) is 10.2. The number of nitrogens with two attached hydrogens (primary N) is 1. The lowest BCUT2D eigenvalue weighted by molar-refractivity contribution is 0.0751. The van der Waals surface area contributed by atoms with Gasteiger partial charge in [0.2, 0.25) is 0 Å². The Balaban J connectivity index is 2.89. The molecule has 6 heteroatoms. The van der Waals surface area contributed by atoms with Crippen molar-refractivity contribution in [2.45, 2.75) is 19.4 Å². The fourth-order valence-corrected chi connectivity index (χ4v) is 2.07. The van der Waals surface area contributed by atoms with Crippen LogP contribution < -0.4 is 16.7 Å². The minimum absolute atomic E-state index is 0.350. The lowest BCUT2D eigenvalue weighted by Crippen LogP contribution is -2.23. The number of nitrogen functional groups attached to an aromatic ring is 1. The van der Waals surface area contributed by atoms with E-state index < -0.39 is 5.60 Å². The highest BCUT2D eigenvalue weighted by Crippen LogP contribution is 2.26. The Bertz CT molecular complexity index is 638. The van der Waals surface area contributed by atoms with E-state index in [9.17, 15) is 5.11 Å². The SMILES string of the molecule is [B]c1c(Cl)cc([B])c2nc(C(C)(C)O)c(N)cc12. The minimum Gasteiger partial charge on any atom is -0.397 e. The Labute approximate surface area is 113 Å². The topological polar surface area (TPSA) is 59.1 Å². The van der Waals surface area contributed by atoms with Crippen LogP contribution in [0.25, 0.3) is 10.9 Å². The molecule has 3 nitrogen and oxygen atoms in total. The summed E-state index contributed by atoms with van der Waals surface area (Å²) in [6.45, 7) is 3.21. The van der Waals surface area contributed by atoms with E-state index >= 15 is 0 Å². The van der Waals surface area contributed by atoms with Crippen LogP contribution in [-0.4, -0.2) is 25.8 Å². The number of anilines is 1. The molecule has 2 rings (SSSR count). The number of benzene rings is 1. The van der Waals surface area contributed by atoms with E-state index in [0.29, 0.717) is 38.2 Å². The molecule has 0 amide bonds. The van der Waals surface area contributed by atoms with Crippen LogP contribution in [0.3, 0.4) is 0 Å². The smallest absolute Gasteiger partial charge is 0.116 e. The Hall–Kier alpha value is -1.19. The van der Waals surface area contributed by atoms with Crippen molar-refractivity contribution < 1.29 is 5.11 Å². The fraction of sp³-hybridized carbons (Fsp3) is 0.250. The zero-order chi connectivity index (χ0) is 13.7. The number of aliphatic hydroxyl groups is 1. The molecule has 0 saturated heterocycles. The number of aromatic nitrogens is 1. The Morgan fingerprint density at radius 1 is 1.33 bits per heavy atom. The summed E-state index contributed by atoms with van der Waals surface area (Å²) in [4.78, 5) is 4.31. The van der Waals surface area contributed by atoms with Gasteiger partial charge in [-0.3, -0.25) is 0 Å². The second kappa shape index (κ2) is 4.18. The van der Waals surface area contributed by atoms with Gasteiger partial charge in [0.15, 0.2) is 0 Å². The van der Waals surface area contributed by atoms with Crippen LogP contribution in [0.1, 0.15) is 19.5 Å². The van der Waals surface area contributed by atoms with Gasteiger partial charge in [0, 0.05) is 5.02 Å². The molecule has 1 heterocycles. The average Bonchev–Trinajstić information content (AvgIpc) is 2.23. The van der Waals surface area contributed by atoms with Gasteiger partial charge in [-0.1, -0.05) is 22.5 Å². The third kappa shape index (κ3) is 2.08. The third-order valence-electron chi connectivity index (χ3n) is 2.73. The van der Waals surface area contributed by atoms with Gasteiger partial charge in [0.25, 0.3) is 0 Å². The maximum absolute atomic E-state index is 10.0. The van der Waals surface area contributed by atoms with Gasteiger partial charge in [-0.15, -0.1) is 0 Å². The lowest BCUT2D eigenvalue weighted by Gasteiger charge is -2.20. The van der Waals surface area contributed by atoms with Gasteiger partial charge in [-0.2, -0.15) is 0 Å². The molecule has 1 aromatic carbocycles. The summed E-state index contributed by atoms with van der Waals surface area (Å²) in [5.74, 6) is 0. The summed E-state index contributed by atoms with van der Waals surface area (Å²) < 4.78 is 0. The number of nitrogens with zero attached hydrogens (tertiary/aromatic N) is 1. The van der Waals surface area contributed by atoms with E-state index in [1.165, 1.54) is 6.07 Å². The molecule has 1 aromatic heterocycles. The molecule has 0 saturated carbocycles. The van der Waals surface area contributed by atoms with Crippen molar-refractivity contribution in [3.63, 3.8) is 0 Å². The van der Waals surface area contributed by atoms with E-state index in [0.717, 1.165) is 0 Å². The van der Waals surface area contributed by atoms with Crippen LogP contribution in [0, 0.1) is 0 Å². The molecule has 0 spiro atoms. The van der Waals surface area contributed by atoms with Gasteiger partial charge in [-0.25, -0.2) is 4.98 Å². The summed E-state index contributed by atoms with van der Waals surface area (Å²) in [7, 11) is 11.7. The zero-order valence-corrected chi connectivity index (χ0v) is 10.9. The van der Waals surface area contributed by atoms with Gasteiger partial charge in [0.1, 0.15) is 21.3 Å². The highest BCUT2D eigenvalue weighted by atomic mass is 35.5. The summed E-state index contributed by atoms with van der Waals surface area (Å²) in [5.41, 5.74) is 6.70. The third-order valence-corrected chi connectivity index (χ3v) is 3.05. The normalized spacial score (nSPS) is 12.0. The van der Waals surface area contributed by atoms with Crippen LogP contribution in [0.15, 0.2) is 12.1 Å². The van der Waals surface area contributed by atoms with Crippen molar-refractivity contribution in [3.8, 4) is 0 Å². The molecule has 0 aliphatic carbocycles. The molecular weight excluding hydrogens is 245 g/mol. The molecule has 88 valence electrons. The fourth-order valence-electron chi connectivity index (χ4n) is 1.86. The van der Waals surface area contributed by atoms with E-state index in [2.05, 4.69) is 4.98 Å². The summed E-state index contributed by atoms with van der Waals surface area (Å²) in [6, 6.07) is 3.17. The highest BCUT2D eigenvalue weighted by molar-refractivity contribution is 6.52. The van der Waals surface area contributed by atoms with Crippen LogP contribution in [-0.2, 0) is 5.60 Å². The summed E-state index contributed by atoms with van der Waals surface area (Å²) >= 11 is 5.95. The minimum atomic E-state index is -1.15. The molecule has 0 aliphatic heterocycles. The van der Waals surface area contributed by atoms with E-state index in [4.69, 9.17) is 33.0 Å². The number of rotatable bonds is 1. The second-order valence-corrected chi connectivity index (χ2v) is 5.15. The van der Waals surface area contributed by atoms with Crippen LogP contribution in [0.4, 0.5) is 5.69 Å². The van der Waals surface area contributed by atoms with Gasteiger partial charge >= 0.3 is 0 Å². The van der Waals surface area contributed by atoms with Crippen molar-refractivity contribution in [3.05, 3.63) is 22.8 Å². The maximum Gasteiger partial charge on any atom is 0.116 e. The van der Waals surface area contributed by atoms with E-state index in [1.54, 1.807) is 19.9 Å². The molecule has 0 atom stereocenters. The Kier molecular flexibility index (Phi) is 3.07. The molecule has 18 heavy (non-hydrogen) atoms. The van der Waals surface area contributed by atoms with E-state index in [1.807, 2.05) is 0 Å². The standard InChI is InChI=1S/C12H11B2ClN2O/c1-12(2,18)11-8(16)3-5-9(14)7(15)4-6(13)10(5)17-11/h3-4,18H,16H2,1-2H3. The summed E-state index contributed by atoms with van der Waals surface area (Å²) in [6.07, 6.45) is 0. The first kappa shape index (κ1) is 13.2. The van der Waals surface area contributed by atoms with Crippen molar-refractivity contribution in [1.29, 1.82) is 0 Å². The molecule has 0 unspecified atom stereocenters. The molecule has 3 N–H and O–H groups in total. The molecule has 0 fully saturated rings. The number of halogens is 1. The molecule has 4 radical (unpaired) electrons. The number of pyridine rings is 1. The number of fused-ring (bicyclic) bond motifs is 1. The first-order chi connectivity index (χ1) is 8.21. The maximum atomic E-state index is 10.0. The van der Waals surface area contributed by atoms with Crippen LogP contribution >= 0.6 is 11.6 Å². The van der Waals surface area contributed by atoms with Gasteiger partial charge in [0.05, 0.1) is 16.9 Å². The lowest BCUT2D eigenvalue weighted by atomic mass is 9.84. The van der Waals surface area contributed by atoms with Crippen molar-refractivity contribution >= 4 is 54.8 Å². The van der Waals surface area contributed by atoms with Crippen molar-refractivity contribution in [2.24, 2.45) is 0 Å². The number of hydrogen-bond acceptors (Lipinski definition) is 3. The van der Waals surface area contributed by atoms with Gasteiger partial charge < -0.3 is 10.8 Å².